The van der Waals surface area contributed by atoms with Crippen LogP contribution in [0.4, 0.5) is 13.2 Å². The third-order valence-corrected chi connectivity index (χ3v) is 6.48. The van der Waals surface area contributed by atoms with Gasteiger partial charge in [0.05, 0.1) is 24.6 Å². The van der Waals surface area contributed by atoms with Crippen LogP contribution in [0.3, 0.4) is 0 Å². The van der Waals surface area contributed by atoms with E-state index in [4.69, 9.17) is 4.74 Å². The number of amides is 2. The lowest BCUT2D eigenvalue weighted by Gasteiger charge is -2.52. The summed E-state index contributed by atoms with van der Waals surface area (Å²) in [5.74, 6) is 0.153. The van der Waals surface area contributed by atoms with Crippen LogP contribution in [-0.4, -0.2) is 46.5 Å². The molecule has 3 fully saturated rings. The molecule has 0 aromatic heterocycles. The Balaban J connectivity index is 1.52. The number of likely N-dealkylation sites (tertiary alicyclic amines) is 1. The van der Waals surface area contributed by atoms with E-state index in [1.165, 1.54) is 12.1 Å². The Hall–Kier alpha value is -2.09. The monoisotopic (exact) mass is 410 g/mol. The van der Waals surface area contributed by atoms with Gasteiger partial charge in [-0.2, -0.15) is 13.2 Å². The number of nitrogens with zero attached hydrogens (tertiary/aromatic N) is 2. The predicted octanol–water partition coefficient (Wildman–Crippen LogP) is 3.43. The molecule has 2 amide bonds. The molecule has 1 spiro atoms. The van der Waals surface area contributed by atoms with Crippen molar-refractivity contribution in [2.45, 2.75) is 57.6 Å². The summed E-state index contributed by atoms with van der Waals surface area (Å²) in [5.41, 5.74) is -0.915. The van der Waals surface area contributed by atoms with Gasteiger partial charge in [0.15, 0.2) is 5.72 Å². The van der Waals surface area contributed by atoms with E-state index in [0.29, 0.717) is 31.6 Å². The predicted molar refractivity (Wildman–Crippen MR) is 98.4 cm³/mol. The molecule has 0 radical (unpaired) electrons. The smallest absolute Gasteiger partial charge is 0.352 e. The Morgan fingerprint density at radius 1 is 1.17 bits per heavy atom. The van der Waals surface area contributed by atoms with Crippen molar-refractivity contribution in [2.24, 2.45) is 11.8 Å². The number of hydrogen-bond donors (Lipinski definition) is 0. The fourth-order valence-electron chi connectivity index (χ4n) is 4.88. The second-order valence-electron chi connectivity index (χ2n) is 8.61. The molecule has 0 saturated carbocycles. The zero-order chi connectivity index (χ0) is 21.0. The highest BCUT2D eigenvalue weighted by Gasteiger charge is 2.60. The molecular weight excluding hydrogens is 385 g/mol. The Kier molecular flexibility index (Phi) is 4.88. The Morgan fingerprint density at radius 3 is 2.48 bits per heavy atom. The average Bonchev–Trinajstić information content (AvgIpc) is 3.03. The van der Waals surface area contributed by atoms with Crippen LogP contribution >= 0.6 is 0 Å². The van der Waals surface area contributed by atoms with Crippen molar-refractivity contribution >= 4 is 11.8 Å². The topological polar surface area (TPSA) is 49.9 Å². The van der Waals surface area contributed by atoms with Crippen LogP contribution in [-0.2, 0) is 27.0 Å². The normalized spacial score (nSPS) is 30.0. The third-order valence-electron chi connectivity index (χ3n) is 6.48. The van der Waals surface area contributed by atoms with Crippen molar-refractivity contribution in [1.29, 1.82) is 0 Å². The van der Waals surface area contributed by atoms with Crippen molar-refractivity contribution < 1.29 is 27.5 Å². The van der Waals surface area contributed by atoms with Crippen molar-refractivity contribution in [3.8, 4) is 0 Å². The van der Waals surface area contributed by atoms with E-state index in [1.54, 1.807) is 4.90 Å². The quantitative estimate of drug-likeness (QED) is 0.767. The summed E-state index contributed by atoms with van der Waals surface area (Å²) in [6, 6.07) is 4.88. The second-order valence-corrected chi connectivity index (χ2v) is 8.61. The molecule has 0 unspecified atom stereocenters. The molecule has 1 aromatic carbocycles. The molecule has 0 bridgehead atoms. The molecule has 3 aliphatic rings. The first-order valence-corrected chi connectivity index (χ1v) is 10.0. The number of carbonyl (C=O) groups is 2. The first kappa shape index (κ1) is 20.2. The van der Waals surface area contributed by atoms with Gasteiger partial charge < -0.3 is 14.5 Å². The van der Waals surface area contributed by atoms with E-state index in [1.807, 2.05) is 18.7 Å². The minimum absolute atomic E-state index is 0.0103. The lowest BCUT2D eigenvalue weighted by Crippen LogP contribution is -2.66. The first-order chi connectivity index (χ1) is 13.6. The lowest BCUT2D eigenvalue weighted by molar-refractivity contribution is -0.197. The van der Waals surface area contributed by atoms with Gasteiger partial charge in [-0.1, -0.05) is 26.0 Å². The molecule has 158 valence electrons. The lowest BCUT2D eigenvalue weighted by atomic mass is 9.79. The summed E-state index contributed by atoms with van der Waals surface area (Å²) < 4.78 is 44.4. The Morgan fingerprint density at radius 2 is 1.86 bits per heavy atom. The highest BCUT2D eigenvalue weighted by Crippen LogP contribution is 2.48. The van der Waals surface area contributed by atoms with Gasteiger partial charge in [-0.3, -0.25) is 9.59 Å². The molecule has 8 heteroatoms. The van der Waals surface area contributed by atoms with Crippen molar-refractivity contribution in [3.05, 3.63) is 35.4 Å². The Bertz CT molecular complexity index is 808. The zero-order valence-electron chi connectivity index (χ0n) is 16.5. The first-order valence-electron chi connectivity index (χ1n) is 10.0. The maximum absolute atomic E-state index is 12.9. The van der Waals surface area contributed by atoms with E-state index in [2.05, 4.69) is 0 Å². The highest BCUT2D eigenvalue weighted by atomic mass is 19.4. The molecule has 3 aliphatic heterocycles. The molecular formula is C21H25F3N2O3. The molecule has 0 N–H and O–H groups in total. The van der Waals surface area contributed by atoms with Gasteiger partial charge in [0.25, 0.3) is 0 Å². The van der Waals surface area contributed by atoms with Crippen molar-refractivity contribution in [3.63, 3.8) is 0 Å². The SMILES string of the molecule is CC(C)[C@H]1CO[C@]23CC(=O)N(Cc4ccc(C(F)(F)F)cc4)C[C@H]2CCC(=O)N13. The van der Waals surface area contributed by atoms with Crippen LogP contribution in [0.1, 0.15) is 44.2 Å². The minimum Gasteiger partial charge on any atom is -0.352 e. The molecule has 5 nitrogen and oxygen atoms in total. The van der Waals surface area contributed by atoms with E-state index < -0.39 is 17.5 Å². The van der Waals surface area contributed by atoms with Gasteiger partial charge in [0, 0.05) is 25.4 Å². The fraction of sp³-hybridized carbons (Fsp3) is 0.619. The van der Waals surface area contributed by atoms with Gasteiger partial charge in [-0.15, -0.1) is 0 Å². The third kappa shape index (κ3) is 3.41. The molecule has 3 saturated heterocycles. The maximum Gasteiger partial charge on any atom is 0.416 e. The summed E-state index contributed by atoms with van der Waals surface area (Å²) in [5, 5.41) is 0. The highest BCUT2D eigenvalue weighted by molar-refractivity contribution is 5.83. The molecule has 3 atom stereocenters. The molecule has 4 rings (SSSR count). The van der Waals surface area contributed by atoms with Gasteiger partial charge in [0.1, 0.15) is 0 Å². The van der Waals surface area contributed by atoms with Crippen LogP contribution in [0.5, 0.6) is 0 Å². The minimum atomic E-state index is -4.38. The van der Waals surface area contributed by atoms with Gasteiger partial charge in [-0.05, 0) is 30.0 Å². The van der Waals surface area contributed by atoms with Crippen LogP contribution in [0.2, 0.25) is 0 Å². The van der Waals surface area contributed by atoms with Crippen LogP contribution in [0.15, 0.2) is 24.3 Å². The number of benzene rings is 1. The number of rotatable bonds is 3. The number of ether oxygens (including phenoxy) is 1. The van der Waals surface area contributed by atoms with E-state index in [9.17, 15) is 22.8 Å². The summed E-state index contributed by atoms with van der Waals surface area (Å²) in [7, 11) is 0. The number of alkyl halides is 3. The van der Waals surface area contributed by atoms with Crippen molar-refractivity contribution in [2.75, 3.05) is 13.2 Å². The second kappa shape index (κ2) is 7.00. The van der Waals surface area contributed by atoms with Gasteiger partial charge in [-0.25, -0.2) is 0 Å². The van der Waals surface area contributed by atoms with Gasteiger partial charge in [0.2, 0.25) is 11.8 Å². The Labute approximate surface area is 167 Å². The summed E-state index contributed by atoms with van der Waals surface area (Å²) in [4.78, 5) is 29.1. The van der Waals surface area contributed by atoms with E-state index >= 15 is 0 Å². The van der Waals surface area contributed by atoms with Crippen LogP contribution in [0, 0.1) is 11.8 Å². The number of piperidine rings is 2. The molecule has 0 aliphatic carbocycles. The number of halogens is 3. The largest absolute Gasteiger partial charge is 0.416 e. The maximum atomic E-state index is 12.9. The van der Waals surface area contributed by atoms with E-state index in [0.717, 1.165) is 12.1 Å². The fourth-order valence-corrected chi connectivity index (χ4v) is 4.88. The van der Waals surface area contributed by atoms with Crippen molar-refractivity contribution in [1.82, 2.24) is 9.80 Å². The molecule has 29 heavy (non-hydrogen) atoms. The molecule has 1 aromatic rings. The zero-order valence-corrected chi connectivity index (χ0v) is 16.5. The van der Waals surface area contributed by atoms with Crippen LogP contribution < -0.4 is 0 Å². The number of hydrogen-bond acceptors (Lipinski definition) is 3. The van der Waals surface area contributed by atoms with E-state index in [-0.39, 0.29) is 42.7 Å². The summed E-state index contributed by atoms with van der Waals surface area (Å²) in [6.45, 7) is 5.22. The summed E-state index contributed by atoms with van der Waals surface area (Å²) in [6.07, 6.45) is -3.19. The molecule has 3 heterocycles. The standard InChI is InChI=1S/C21H25F3N2O3/c1-13(2)17-12-29-20-9-19(28)25(11-16(20)7-8-18(27)26(17)20)10-14-3-5-15(6-4-14)21(22,23)24/h3-6,13,16-17H,7-12H2,1-2H3/t16-,17-,20-/m1/s1. The van der Waals surface area contributed by atoms with Crippen LogP contribution in [0.25, 0.3) is 0 Å². The average molecular weight is 410 g/mol. The number of carbonyl (C=O) groups excluding carboxylic acids is 2. The summed E-state index contributed by atoms with van der Waals surface area (Å²) >= 11 is 0. The van der Waals surface area contributed by atoms with Gasteiger partial charge >= 0.3 is 6.18 Å².